The Hall–Kier alpha value is -1.34. The van der Waals surface area contributed by atoms with E-state index in [0.29, 0.717) is 13.0 Å². The van der Waals surface area contributed by atoms with Crippen LogP contribution in [0.1, 0.15) is 20.3 Å². The van der Waals surface area contributed by atoms with Crippen molar-refractivity contribution in [3.63, 3.8) is 0 Å². The van der Waals surface area contributed by atoms with Gasteiger partial charge in [0.2, 0.25) is 0 Å². The average Bonchev–Trinajstić information content (AvgIpc) is 2.53. The lowest BCUT2D eigenvalue weighted by molar-refractivity contribution is -0.141. The van der Waals surface area contributed by atoms with Crippen LogP contribution in [0.3, 0.4) is 0 Å². The summed E-state index contributed by atoms with van der Waals surface area (Å²) in [6.07, 6.45) is -0.730. The Morgan fingerprint density at radius 2 is 2.06 bits per heavy atom. The minimum Gasteiger partial charge on any atom is -0.480 e. The van der Waals surface area contributed by atoms with Crippen LogP contribution in [-0.4, -0.2) is 63.1 Å². The molecule has 0 aliphatic carbocycles. The highest BCUT2D eigenvalue weighted by atomic mass is 16.4. The number of carboxylic acid groups (broad SMARTS) is 1. The topological polar surface area (TPSA) is 110 Å². The standard InChI is InChI=1S/C10H18N2O5/c1-6(13)7(8(14)15)11-9(16)12-4-3-10(2,17)5-12/h6-7,13,17H,3-5H2,1-2H3,(H,11,16)(H,14,15)/t6-,7+,10?/m1/s1. The van der Waals surface area contributed by atoms with Gasteiger partial charge in [-0.15, -0.1) is 0 Å². The third-order valence-electron chi connectivity index (χ3n) is 2.77. The first-order valence-electron chi connectivity index (χ1n) is 5.41. The molecule has 1 fully saturated rings. The summed E-state index contributed by atoms with van der Waals surface area (Å²) in [5.41, 5.74) is -0.930. The van der Waals surface area contributed by atoms with Gasteiger partial charge in [-0.25, -0.2) is 9.59 Å². The number of carbonyl (C=O) groups excluding carboxylic acids is 1. The van der Waals surface area contributed by atoms with E-state index >= 15 is 0 Å². The first kappa shape index (κ1) is 13.7. The minimum absolute atomic E-state index is 0.158. The number of aliphatic hydroxyl groups is 2. The van der Waals surface area contributed by atoms with Gasteiger partial charge in [-0.2, -0.15) is 0 Å². The Morgan fingerprint density at radius 3 is 2.41 bits per heavy atom. The third-order valence-corrected chi connectivity index (χ3v) is 2.77. The number of likely N-dealkylation sites (tertiary alicyclic amines) is 1. The van der Waals surface area contributed by atoms with Gasteiger partial charge in [0.05, 0.1) is 18.2 Å². The summed E-state index contributed by atoms with van der Waals surface area (Å²) >= 11 is 0. The molecule has 1 rings (SSSR count). The van der Waals surface area contributed by atoms with E-state index in [1.165, 1.54) is 11.8 Å². The number of hydrogen-bond acceptors (Lipinski definition) is 4. The number of aliphatic hydroxyl groups excluding tert-OH is 1. The molecule has 0 aromatic rings. The van der Waals surface area contributed by atoms with Crippen LogP contribution in [0.4, 0.5) is 4.79 Å². The number of nitrogens with one attached hydrogen (secondary N) is 1. The Balaban J connectivity index is 2.57. The molecular formula is C10H18N2O5. The summed E-state index contributed by atoms with van der Waals surface area (Å²) in [4.78, 5) is 23.8. The van der Waals surface area contributed by atoms with Gasteiger partial charge in [-0.05, 0) is 20.3 Å². The number of carboxylic acids is 1. The lowest BCUT2D eigenvalue weighted by atomic mass is 10.1. The zero-order valence-electron chi connectivity index (χ0n) is 9.88. The van der Waals surface area contributed by atoms with E-state index in [9.17, 15) is 19.8 Å². The van der Waals surface area contributed by atoms with Crippen molar-refractivity contribution in [2.45, 2.75) is 38.0 Å². The number of rotatable bonds is 3. The van der Waals surface area contributed by atoms with Gasteiger partial charge in [0, 0.05) is 6.54 Å². The lowest BCUT2D eigenvalue weighted by Gasteiger charge is -2.23. The normalized spacial score (nSPS) is 27.6. The summed E-state index contributed by atoms with van der Waals surface area (Å²) in [7, 11) is 0. The van der Waals surface area contributed by atoms with Crippen LogP contribution in [-0.2, 0) is 4.79 Å². The van der Waals surface area contributed by atoms with Gasteiger partial charge < -0.3 is 25.5 Å². The van der Waals surface area contributed by atoms with E-state index in [2.05, 4.69) is 5.32 Å². The summed E-state index contributed by atoms with van der Waals surface area (Å²) in [5.74, 6) is -1.29. The number of amides is 2. The summed E-state index contributed by atoms with van der Waals surface area (Å²) in [6, 6.07) is -1.93. The molecule has 0 spiro atoms. The molecule has 17 heavy (non-hydrogen) atoms. The van der Waals surface area contributed by atoms with Crippen molar-refractivity contribution in [1.82, 2.24) is 10.2 Å². The maximum atomic E-state index is 11.7. The van der Waals surface area contributed by atoms with Crippen molar-refractivity contribution in [2.24, 2.45) is 0 Å². The Kier molecular flexibility index (Phi) is 3.94. The van der Waals surface area contributed by atoms with Crippen LogP contribution in [0.5, 0.6) is 0 Å². The summed E-state index contributed by atoms with van der Waals surface area (Å²) < 4.78 is 0. The monoisotopic (exact) mass is 246 g/mol. The van der Waals surface area contributed by atoms with Gasteiger partial charge in [-0.3, -0.25) is 0 Å². The molecule has 4 N–H and O–H groups in total. The second kappa shape index (κ2) is 4.89. The molecule has 0 aromatic heterocycles. The molecule has 98 valence electrons. The van der Waals surface area contributed by atoms with Crippen LogP contribution in [0.15, 0.2) is 0 Å². The zero-order valence-corrected chi connectivity index (χ0v) is 9.88. The summed E-state index contributed by atoms with van der Waals surface area (Å²) in [6.45, 7) is 3.43. The summed E-state index contributed by atoms with van der Waals surface area (Å²) in [5, 5.41) is 29.9. The highest BCUT2D eigenvalue weighted by Gasteiger charge is 2.35. The first-order valence-corrected chi connectivity index (χ1v) is 5.41. The first-order chi connectivity index (χ1) is 7.73. The van der Waals surface area contributed by atoms with Crippen LogP contribution < -0.4 is 5.32 Å². The SMILES string of the molecule is C[C@@H](O)[C@H](NC(=O)N1CCC(C)(O)C1)C(=O)O. The molecule has 7 nitrogen and oxygen atoms in total. The quantitative estimate of drug-likeness (QED) is 0.510. The van der Waals surface area contributed by atoms with Gasteiger partial charge in [0.25, 0.3) is 0 Å². The molecule has 0 radical (unpaired) electrons. The van der Waals surface area contributed by atoms with Gasteiger partial charge in [0.1, 0.15) is 0 Å². The van der Waals surface area contributed by atoms with Crippen LogP contribution in [0.25, 0.3) is 0 Å². The number of β-amino-alcohol motifs (C(OH)–C–C–N with tert-alkyl or cyclic N) is 1. The average molecular weight is 246 g/mol. The van der Waals surface area contributed by atoms with E-state index in [4.69, 9.17) is 5.11 Å². The molecule has 1 aliphatic rings. The largest absolute Gasteiger partial charge is 0.480 e. The molecule has 1 saturated heterocycles. The van der Waals surface area contributed by atoms with E-state index in [0.717, 1.165) is 0 Å². The second-order valence-corrected chi connectivity index (χ2v) is 4.67. The number of aliphatic carboxylic acids is 1. The lowest BCUT2D eigenvalue weighted by Crippen LogP contribution is -2.52. The predicted molar refractivity (Wildman–Crippen MR) is 58.5 cm³/mol. The molecule has 0 bridgehead atoms. The zero-order chi connectivity index (χ0) is 13.2. The van der Waals surface area contributed by atoms with Crippen molar-refractivity contribution in [1.29, 1.82) is 0 Å². The highest BCUT2D eigenvalue weighted by Crippen LogP contribution is 2.20. The van der Waals surface area contributed by atoms with Gasteiger partial charge in [-0.1, -0.05) is 0 Å². The van der Waals surface area contributed by atoms with E-state index in [-0.39, 0.29) is 6.54 Å². The third kappa shape index (κ3) is 3.57. The Bertz CT molecular complexity index is 316. The maximum Gasteiger partial charge on any atom is 0.328 e. The fraction of sp³-hybridized carbons (Fsp3) is 0.800. The van der Waals surface area contributed by atoms with Gasteiger partial charge >= 0.3 is 12.0 Å². The van der Waals surface area contributed by atoms with Crippen LogP contribution in [0.2, 0.25) is 0 Å². The molecular weight excluding hydrogens is 228 g/mol. The maximum absolute atomic E-state index is 11.7. The number of nitrogens with zero attached hydrogens (tertiary/aromatic N) is 1. The van der Waals surface area contributed by atoms with Crippen LogP contribution >= 0.6 is 0 Å². The molecule has 7 heteroatoms. The van der Waals surface area contributed by atoms with Gasteiger partial charge in [0.15, 0.2) is 6.04 Å². The van der Waals surface area contributed by atoms with Crippen molar-refractivity contribution in [3.8, 4) is 0 Å². The molecule has 2 amide bonds. The second-order valence-electron chi connectivity index (χ2n) is 4.67. The van der Waals surface area contributed by atoms with Crippen molar-refractivity contribution >= 4 is 12.0 Å². The fourth-order valence-electron chi connectivity index (χ4n) is 1.73. The molecule has 1 heterocycles. The smallest absolute Gasteiger partial charge is 0.328 e. The molecule has 0 saturated carbocycles. The molecule has 3 atom stereocenters. The highest BCUT2D eigenvalue weighted by molar-refractivity contribution is 5.83. The van der Waals surface area contributed by atoms with Crippen molar-refractivity contribution in [2.75, 3.05) is 13.1 Å². The van der Waals surface area contributed by atoms with Crippen molar-refractivity contribution in [3.05, 3.63) is 0 Å². The number of carbonyl (C=O) groups is 2. The predicted octanol–water partition coefficient (Wildman–Crippen LogP) is -1.01. The Morgan fingerprint density at radius 1 is 1.47 bits per heavy atom. The fourth-order valence-corrected chi connectivity index (χ4v) is 1.73. The molecule has 1 aliphatic heterocycles. The van der Waals surface area contributed by atoms with E-state index in [1.54, 1.807) is 6.92 Å². The number of hydrogen-bond donors (Lipinski definition) is 4. The molecule has 0 aromatic carbocycles. The number of urea groups is 1. The van der Waals surface area contributed by atoms with Crippen LogP contribution in [0, 0.1) is 0 Å². The Labute approximate surface area is 99.0 Å². The minimum atomic E-state index is -1.34. The van der Waals surface area contributed by atoms with E-state index < -0.39 is 29.7 Å². The molecule has 1 unspecified atom stereocenters. The van der Waals surface area contributed by atoms with Crippen molar-refractivity contribution < 1.29 is 24.9 Å². The van der Waals surface area contributed by atoms with E-state index in [1.807, 2.05) is 0 Å².